The Hall–Kier alpha value is -3.64. The quantitative estimate of drug-likeness (QED) is 0.506. The second-order valence-corrected chi connectivity index (χ2v) is 6.52. The molecule has 2 N–H and O–H groups in total. The highest BCUT2D eigenvalue weighted by molar-refractivity contribution is 6.33. The van der Waals surface area contributed by atoms with Gasteiger partial charge in [-0.15, -0.1) is 0 Å². The number of fused-ring (bicyclic) bond motifs is 1. The van der Waals surface area contributed by atoms with Gasteiger partial charge in [-0.3, -0.25) is 19.1 Å². The molecule has 2 aromatic heterocycles. The fourth-order valence-corrected chi connectivity index (χ4v) is 3.29. The van der Waals surface area contributed by atoms with E-state index in [1.54, 1.807) is 36.4 Å². The normalized spacial score (nSPS) is 10.9. The van der Waals surface area contributed by atoms with Crippen molar-refractivity contribution in [2.45, 2.75) is 0 Å². The Labute approximate surface area is 163 Å². The lowest BCUT2D eigenvalue weighted by Gasteiger charge is -2.17. The summed E-state index contributed by atoms with van der Waals surface area (Å²) in [5, 5.41) is 20.2. The van der Waals surface area contributed by atoms with Crippen LogP contribution in [0.15, 0.2) is 71.8 Å². The number of phenols is 2. The summed E-state index contributed by atoms with van der Waals surface area (Å²) in [5.74, 6) is -1.33. The van der Waals surface area contributed by atoms with Crippen LogP contribution in [0.2, 0.25) is 5.02 Å². The molecule has 6 nitrogen and oxygen atoms in total. The van der Waals surface area contributed by atoms with Crippen molar-refractivity contribution in [2.24, 2.45) is 0 Å². The van der Waals surface area contributed by atoms with E-state index in [1.807, 2.05) is 0 Å². The van der Waals surface area contributed by atoms with Crippen molar-refractivity contribution < 1.29 is 15.0 Å². The van der Waals surface area contributed by atoms with Crippen molar-refractivity contribution in [1.29, 1.82) is 0 Å². The van der Waals surface area contributed by atoms with Gasteiger partial charge in [0.15, 0.2) is 16.9 Å². The maximum Gasteiger partial charge on any atom is 0.262 e. The van der Waals surface area contributed by atoms with Crippen LogP contribution >= 0.6 is 11.6 Å². The first-order chi connectivity index (χ1) is 13.5. The zero-order chi connectivity index (χ0) is 19.8. The number of rotatable bonds is 2. The van der Waals surface area contributed by atoms with E-state index in [-0.39, 0.29) is 16.6 Å². The number of pyridine rings is 2. The number of carbonyl (C=O) groups excluding carboxylic acids is 1. The molecule has 0 aliphatic carbocycles. The average Bonchev–Trinajstić information content (AvgIpc) is 2.70. The summed E-state index contributed by atoms with van der Waals surface area (Å²) in [4.78, 5) is 29.9. The molecule has 0 spiro atoms. The van der Waals surface area contributed by atoms with Crippen molar-refractivity contribution in [3.63, 3.8) is 0 Å². The number of phenolic OH excluding ortho intramolecular Hbond substituents is 2. The van der Waals surface area contributed by atoms with E-state index in [9.17, 15) is 19.8 Å². The molecule has 28 heavy (non-hydrogen) atoms. The zero-order valence-electron chi connectivity index (χ0n) is 14.3. The van der Waals surface area contributed by atoms with Gasteiger partial charge in [0, 0.05) is 40.7 Å². The standard InChI is InChI=1S/C21H13ClN2O4/c22-15-4-2-1-3-13(15)16-10-18(25)14-9-19(26)20(27)11-17(14)24(16)21(28)12-5-7-23-8-6-12/h1-11,26-27H. The number of hydrogen-bond donors (Lipinski definition) is 2. The molecule has 4 aromatic rings. The van der Waals surface area contributed by atoms with Crippen LogP contribution in [0, 0.1) is 0 Å². The van der Waals surface area contributed by atoms with Crippen molar-refractivity contribution in [1.82, 2.24) is 9.55 Å². The fraction of sp³-hybridized carbons (Fsp3) is 0. The molecule has 0 bridgehead atoms. The lowest BCUT2D eigenvalue weighted by atomic mass is 10.1. The smallest absolute Gasteiger partial charge is 0.262 e. The van der Waals surface area contributed by atoms with Crippen molar-refractivity contribution in [3.8, 4) is 22.8 Å². The molecule has 0 fully saturated rings. The molecule has 0 amide bonds. The van der Waals surface area contributed by atoms with Gasteiger partial charge >= 0.3 is 0 Å². The van der Waals surface area contributed by atoms with Crippen LogP contribution in [-0.2, 0) is 0 Å². The second kappa shape index (κ2) is 6.83. The summed E-state index contributed by atoms with van der Waals surface area (Å²) in [6.07, 6.45) is 2.97. The molecule has 2 aromatic carbocycles. The molecular formula is C21H13ClN2O4. The van der Waals surface area contributed by atoms with Crippen LogP contribution in [0.4, 0.5) is 0 Å². The highest BCUT2D eigenvalue weighted by Crippen LogP contribution is 2.33. The molecule has 2 heterocycles. The summed E-state index contributed by atoms with van der Waals surface area (Å²) in [5.41, 5.74) is 0.826. The minimum atomic E-state index is -0.446. The average molecular weight is 393 g/mol. The maximum absolute atomic E-state index is 13.3. The van der Waals surface area contributed by atoms with Crippen LogP contribution < -0.4 is 5.43 Å². The minimum Gasteiger partial charge on any atom is -0.504 e. The predicted molar refractivity (Wildman–Crippen MR) is 106 cm³/mol. The van der Waals surface area contributed by atoms with Crippen LogP contribution in [0.25, 0.3) is 22.2 Å². The van der Waals surface area contributed by atoms with Gasteiger partial charge in [-0.05, 0) is 24.3 Å². The maximum atomic E-state index is 13.3. The first-order valence-corrected chi connectivity index (χ1v) is 8.66. The summed E-state index contributed by atoms with van der Waals surface area (Å²) < 4.78 is 1.30. The van der Waals surface area contributed by atoms with Gasteiger partial charge in [-0.25, -0.2) is 0 Å². The van der Waals surface area contributed by atoms with Gasteiger partial charge in [0.1, 0.15) is 0 Å². The third-order valence-electron chi connectivity index (χ3n) is 4.39. The zero-order valence-corrected chi connectivity index (χ0v) is 15.1. The van der Waals surface area contributed by atoms with E-state index < -0.39 is 22.8 Å². The van der Waals surface area contributed by atoms with Gasteiger partial charge in [-0.1, -0.05) is 29.8 Å². The number of nitrogens with zero attached hydrogens (tertiary/aromatic N) is 2. The van der Waals surface area contributed by atoms with Crippen LogP contribution in [-0.4, -0.2) is 25.7 Å². The number of carbonyl (C=O) groups is 1. The summed E-state index contributed by atoms with van der Waals surface area (Å²) in [7, 11) is 0. The summed E-state index contributed by atoms with van der Waals surface area (Å²) in [6, 6.07) is 13.5. The molecule has 0 aliphatic heterocycles. The van der Waals surface area contributed by atoms with Gasteiger partial charge in [-0.2, -0.15) is 0 Å². The Bertz CT molecular complexity index is 1280. The molecule has 0 aliphatic rings. The van der Waals surface area contributed by atoms with Crippen LogP contribution in [0.3, 0.4) is 0 Å². The molecule has 0 unspecified atom stereocenters. The Balaban J connectivity index is 2.15. The molecule has 138 valence electrons. The van der Waals surface area contributed by atoms with E-state index in [4.69, 9.17) is 11.6 Å². The van der Waals surface area contributed by atoms with Gasteiger partial charge in [0.25, 0.3) is 5.91 Å². The fourth-order valence-electron chi connectivity index (χ4n) is 3.05. The Morgan fingerprint density at radius 1 is 0.964 bits per heavy atom. The van der Waals surface area contributed by atoms with E-state index in [0.29, 0.717) is 16.1 Å². The third-order valence-corrected chi connectivity index (χ3v) is 4.72. The third kappa shape index (κ3) is 2.90. The van der Waals surface area contributed by atoms with Crippen LogP contribution in [0.1, 0.15) is 10.4 Å². The topological polar surface area (TPSA) is 92.4 Å². The van der Waals surface area contributed by atoms with E-state index in [1.165, 1.54) is 29.1 Å². The molecule has 0 saturated heterocycles. The largest absolute Gasteiger partial charge is 0.504 e. The highest BCUT2D eigenvalue weighted by atomic mass is 35.5. The van der Waals surface area contributed by atoms with Gasteiger partial charge in [0.2, 0.25) is 0 Å². The Kier molecular flexibility index (Phi) is 4.33. The molecular weight excluding hydrogens is 380 g/mol. The number of hydrogen-bond acceptors (Lipinski definition) is 5. The summed E-state index contributed by atoms with van der Waals surface area (Å²) in [6.45, 7) is 0. The molecule has 0 atom stereocenters. The van der Waals surface area contributed by atoms with Crippen molar-refractivity contribution >= 4 is 28.4 Å². The lowest BCUT2D eigenvalue weighted by molar-refractivity contribution is 0.0966. The molecule has 0 saturated carbocycles. The number of benzene rings is 2. The number of aromatic hydroxyl groups is 2. The Morgan fingerprint density at radius 3 is 2.36 bits per heavy atom. The Morgan fingerprint density at radius 2 is 1.64 bits per heavy atom. The van der Waals surface area contributed by atoms with E-state index >= 15 is 0 Å². The minimum absolute atomic E-state index is 0.0912. The number of halogens is 1. The van der Waals surface area contributed by atoms with Gasteiger partial charge in [0.05, 0.1) is 16.6 Å². The van der Waals surface area contributed by atoms with Gasteiger partial charge < -0.3 is 10.2 Å². The highest BCUT2D eigenvalue weighted by Gasteiger charge is 2.20. The molecule has 4 rings (SSSR count). The molecule has 7 heteroatoms. The number of aromatic nitrogens is 2. The van der Waals surface area contributed by atoms with E-state index in [2.05, 4.69) is 4.98 Å². The van der Waals surface area contributed by atoms with E-state index in [0.717, 1.165) is 6.07 Å². The first-order valence-electron chi connectivity index (χ1n) is 8.29. The predicted octanol–water partition coefficient (Wildman–Crippen LogP) is 3.82. The summed E-state index contributed by atoms with van der Waals surface area (Å²) >= 11 is 6.32. The SMILES string of the molecule is O=C(c1ccncc1)n1c(-c2ccccc2Cl)cc(=O)c2cc(O)c(O)cc21. The molecule has 0 radical (unpaired) electrons. The second-order valence-electron chi connectivity index (χ2n) is 6.11. The van der Waals surface area contributed by atoms with Crippen molar-refractivity contribution in [3.05, 3.63) is 87.8 Å². The first kappa shape index (κ1) is 17.8. The monoisotopic (exact) mass is 392 g/mol. The van der Waals surface area contributed by atoms with Crippen LogP contribution in [0.5, 0.6) is 11.5 Å². The lowest BCUT2D eigenvalue weighted by Crippen LogP contribution is -2.19. The van der Waals surface area contributed by atoms with Crippen molar-refractivity contribution in [2.75, 3.05) is 0 Å².